The average Bonchev–Trinajstić information content (AvgIpc) is 1.77. The van der Waals surface area contributed by atoms with Gasteiger partial charge in [0.15, 0.2) is 10.8 Å². The predicted molar refractivity (Wildman–Crippen MR) is 487 cm³/mol. The Balaban J connectivity index is 0.909. The fourth-order valence-electron chi connectivity index (χ4n) is 12.9. The zero-order valence-electron chi connectivity index (χ0n) is 73.5. The molecule has 0 aliphatic carbocycles. The van der Waals surface area contributed by atoms with Gasteiger partial charge in [-0.1, -0.05) is 35.5 Å². The molecule has 43 nitrogen and oxygen atoms in total. The lowest BCUT2D eigenvalue weighted by Crippen LogP contribution is -2.51. The van der Waals surface area contributed by atoms with Gasteiger partial charge in [0.2, 0.25) is 23.6 Å². The molecule has 1 fully saturated rings. The van der Waals surface area contributed by atoms with E-state index >= 15 is 0 Å². The maximum absolute atomic E-state index is 13.8. The molecule has 6 rings (SSSR count). The number of thiocarbonyl (C=S) groups is 1. The average molecular weight is 1970 g/mol. The van der Waals surface area contributed by atoms with Crippen LogP contribution in [0.25, 0.3) is 11.3 Å². The molecule has 1 aliphatic rings. The minimum absolute atomic E-state index is 0.00706. The smallest absolute Gasteiger partial charge is 0.354 e. The van der Waals surface area contributed by atoms with Crippen molar-refractivity contribution in [2.24, 2.45) is 0 Å². The minimum Gasteiger partial charge on any atom is -0.481 e. The summed E-state index contributed by atoms with van der Waals surface area (Å²) in [5, 5.41) is 92.6. The Morgan fingerprint density at radius 2 is 0.962 bits per heavy atom. The normalized spacial score (nSPS) is 14.1. The second kappa shape index (κ2) is 64.8. The Hall–Kier alpha value is -10.9. The number of anilines is 2. The summed E-state index contributed by atoms with van der Waals surface area (Å²) in [5.41, 5.74) is 4.07. The van der Waals surface area contributed by atoms with Crippen LogP contribution in [0.2, 0.25) is 0 Å². The lowest BCUT2D eigenvalue weighted by atomic mass is 10.1. The molecule has 1 aliphatic heterocycles. The van der Waals surface area contributed by atoms with Crippen molar-refractivity contribution in [3.8, 4) is 11.3 Å². The minimum atomic E-state index is -1.55. The fourth-order valence-corrected chi connectivity index (χ4v) is 13.5. The van der Waals surface area contributed by atoms with Crippen LogP contribution < -0.4 is 53.2 Å². The van der Waals surface area contributed by atoms with E-state index in [2.05, 4.69) is 101 Å². The van der Waals surface area contributed by atoms with Gasteiger partial charge in [-0.25, -0.2) is 48.2 Å². The first-order valence-corrected chi connectivity index (χ1v) is 45.2. The van der Waals surface area contributed by atoms with Gasteiger partial charge in [-0.15, -0.1) is 5.10 Å². The van der Waals surface area contributed by atoms with Gasteiger partial charge in [0.05, 0.1) is 116 Å². The van der Waals surface area contributed by atoms with Crippen LogP contribution in [-0.4, -0.2) is 324 Å². The van der Waals surface area contributed by atoms with Gasteiger partial charge in [-0.3, -0.25) is 33.8 Å². The van der Waals surface area contributed by atoms with E-state index in [1.54, 1.807) is 53.3 Å². The van der Waals surface area contributed by atoms with Crippen LogP contribution in [0.1, 0.15) is 147 Å². The van der Waals surface area contributed by atoms with E-state index < -0.39 is 103 Å². The summed E-state index contributed by atoms with van der Waals surface area (Å²) < 4.78 is 49.3. The molecule has 8 amide bonds. The second-order valence-electron chi connectivity index (χ2n) is 30.2. The highest BCUT2D eigenvalue weighted by Crippen LogP contribution is 2.23. The molecule has 0 radical (unpaired) electrons. The number of amides is 8. The summed E-state index contributed by atoms with van der Waals surface area (Å²) in [5.74, 6) is -9.01. The summed E-state index contributed by atoms with van der Waals surface area (Å²) in [6.45, 7) is 8.16. The molecule has 3 aromatic heterocycles. The maximum atomic E-state index is 13.8. The largest absolute Gasteiger partial charge is 0.481 e. The number of halogens is 1. The Labute approximate surface area is 778 Å². The third-order valence-corrected chi connectivity index (χ3v) is 20.8. The van der Waals surface area contributed by atoms with Crippen molar-refractivity contribution in [1.82, 2.24) is 77.3 Å². The number of urea groups is 2. The summed E-state index contributed by atoms with van der Waals surface area (Å²) in [7, 11) is 0. The van der Waals surface area contributed by atoms with Crippen LogP contribution in [-0.2, 0) is 102 Å². The van der Waals surface area contributed by atoms with Crippen molar-refractivity contribution in [3.05, 3.63) is 117 Å². The first-order chi connectivity index (χ1) is 63.3. The Morgan fingerprint density at radius 3 is 1.56 bits per heavy atom. The van der Waals surface area contributed by atoms with E-state index in [0.29, 0.717) is 197 Å². The van der Waals surface area contributed by atoms with Crippen molar-refractivity contribution in [3.63, 3.8) is 0 Å². The summed E-state index contributed by atoms with van der Waals surface area (Å²) in [6, 6.07) is 16.4. The first-order valence-electron chi connectivity index (χ1n) is 43.7. The Kier molecular flexibility index (Phi) is 53.9. The molecule has 0 bridgehead atoms. The van der Waals surface area contributed by atoms with Crippen LogP contribution in [0, 0.1) is 3.57 Å². The molecule has 1 saturated heterocycles. The highest BCUT2D eigenvalue weighted by molar-refractivity contribution is 14.1. The van der Waals surface area contributed by atoms with Crippen molar-refractivity contribution < 1.29 is 126 Å². The third kappa shape index (κ3) is 48.7. The number of benzene rings is 2. The quantitative estimate of drug-likeness (QED) is 0.0142. The SMILES string of the molecule is O=C(O)CC[C@H](NC(=O)N[C@@H](CCCCNC(=O)Nc1cccc(-c2cnnn2CCOCCOCCC(=O)N[C@@H](CCCCNC(=S)Nc2cc(CN3CCOCCOCCN(Cc4cccc(C(=O)O)n4)CCOCCOCC3)nc(C(=O)O)c2)C(=O)NCCCOCCCOCCC(=O)N[C@@H](CCCCNC(=O)CCCc2ccc(I)cc2)C(=O)O)c1)C(=O)O)C(=O)O. The molecule has 722 valence electrons. The van der Waals surface area contributed by atoms with Crippen LogP contribution >= 0.6 is 34.8 Å². The van der Waals surface area contributed by atoms with Crippen LogP contribution in [0.3, 0.4) is 0 Å². The number of hydrogen-bond acceptors (Lipinski definition) is 27. The Morgan fingerprint density at radius 1 is 0.443 bits per heavy atom. The number of aliphatic carboxylic acids is 4. The maximum Gasteiger partial charge on any atom is 0.354 e. The number of rotatable bonds is 59. The van der Waals surface area contributed by atoms with Gasteiger partial charge in [0.25, 0.3) is 0 Å². The molecular formula is C86H124IN17O26S. The van der Waals surface area contributed by atoms with Crippen molar-refractivity contribution in [2.45, 2.75) is 159 Å². The molecule has 0 saturated carbocycles. The number of aromatic carboxylic acids is 2. The number of nitrogens with one attached hydrogen (secondary N) is 10. The van der Waals surface area contributed by atoms with Crippen LogP contribution in [0.15, 0.2) is 85.1 Å². The van der Waals surface area contributed by atoms with E-state index in [0.717, 1.165) is 9.99 Å². The number of pyridine rings is 2. The van der Waals surface area contributed by atoms with E-state index in [9.17, 15) is 83.1 Å². The number of carboxylic acids is 6. The number of unbranched alkanes of at least 4 members (excludes halogenated alkanes) is 3. The molecule has 16 N–H and O–H groups in total. The van der Waals surface area contributed by atoms with Crippen molar-refractivity contribution in [1.29, 1.82) is 0 Å². The van der Waals surface area contributed by atoms with E-state index in [1.807, 2.05) is 29.2 Å². The van der Waals surface area contributed by atoms with Gasteiger partial charge in [-0.2, -0.15) is 0 Å². The standard InChI is InChI=1S/C86H124IN17O26S/c87-62-23-21-60(22-24-62)12-7-20-74(105)88-29-4-2-17-69(80(113)114)98-76(107)27-41-124-40-11-39-123-38-10-32-89-78(110)67(16-1-6-31-91-86(131)96-65-55-66(94-72(56-65)83(119)120)59-103-35-45-128-52-50-126-43-33-102(34-44-127-51-53-129-46-36-103)58-64-15-9-19-68(93-64)79(111)112)97-75(106)28-42-125-48-49-130-47-37-104-73(57-92-101-104)61-13-8-14-63(54-61)95-84(121)90-30-5-3-18-70(81(115)116)99-85(122)100-71(82(117)118)25-26-77(108)109/h8-9,13-15,19,21-24,54-57,67,69-71H,1-7,10-12,16-18,20,25-53,58-59H2,(H,88,105)(H,89,110)(H,97,106)(H,98,107)(H,108,109)(H,111,112)(H,113,114)(H,115,116)(H,117,118)(H,119,120)(H2,90,95,121)(H2,99,100,122)(H2,91,94,96,131)/t67-,69-,70-,71-/m0/s1. The van der Waals surface area contributed by atoms with Gasteiger partial charge in [0, 0.05) is 131 Å². The molecule has 0 spiro atoms. The Bertz CT molecular complexity index is 4330. The van der Waals surface area contributed by atoms with Gasteiger partial charge in [0.1, 0.15) is 29.9 Å². The molecule has 4 heterocycles. The van der Waals surface area contributed by atoms with E-state index in [4.69, 9.17) is 55.2 Å². The highest BCUT2D eigenvalue weighted by atomic mass is 127. The van der Waals surface area contributed by atoms with E-state index in [1.165, 1.54) is 17.7 Å². The predicted octanol–water partition coefficient (Wildman–Crippen LogP) is 4.75. The van der Waals surface area contributed by atoms with Crippen molar-refractivity contribution in [2.75, 3.05) is 169 Å². The lowest BCUT2D eigenvalue weighted by molar-refractivity contribution is -0.142. The molecule has 4 atom stereocenters. The first kappa shape index (κ1) is 109. The van der Waals surface area contributed by atoms with Crippen molar-refractivity contribution >= 4 is 123 Å². The lowest BCUT2D eigenvalue weighted by Gasteiger charge is -2.23. The van der Waals surface area contributed by atoms with Crippen LogP contribution in [0.5, 0.6) is 0 Å². The molecular weight excluding hydrogens is 1850 g/mol. The molecule has 5 aromatic rings. The number of carbonyl (C=O) groups excluding carboxylic acids is 6. The second-order valence-corrected chi connectivity index (χ2v) is 31.9. The molecule has 0 unspecified atom stereocenters. The number of aryl methyl sites for hydroxylation is 1. The van der Waals surface area contributed by atoms with Crippen LogP contribution in [0.4, 0.5) is 21.0 Å². The summed E-state index contributed by atoms with van der Waals surface area (Å²) >= 11 is 7.91. The monoisotopic (exact) mass is 1970 g/mol. The van der Waals surface area contributed by atoms with Gasteiger partial charge < -0.3 is 122 Å². The van der Waals surface area contributed by atoms with E-state index in [-0.39, 0.29) is 133 Å². The zero-order valence-corrected chi connectivity index (χ0v) is 76.5. The topological polar surface area (TPSA) is 583 Å². The summed E-state index contributed by atoms with van der Waals surface area (Å²) in [4.78, 5) is 160. The molecule has 2 aromatic carbocycles. The fraction of sp³-hybridized carbons (Fsp3) is 0.570. The molecule has 131 heavy (non-hydrogen) atoms. The number of nitrogens with zero attached hydrogens (tertiary/aromatic N) is 7. The number of carbonyl (C=O) groups is 12. The van der Waals surface area contributed by atoms with Gasteiger partial charge in [-0.05, 0) is 179 Å². The number of hydrogen-bond donors (Lipinski definition) is 16. The van der Waals surface area contributed by atoms with Gasteiger partial charge >= 0.3 is 47.9 Å². The number of carboxylic acid groups (broad SMARTS) is 6. The number of aromatic nitrogens is 5. The highest BCUT2D eigenvalue weighted by Gasteiger charge is 2.27. The zero-order chi connectivity index (χ0) is 94.6. The molecule has 45 heteroatoms. The third-order valence-electron chi connectivity index (χ3n) is 19.8. The number of ether oxygens (including phenoxy) is 8. The summed E-state index contributed by atoms with van der Waals surface area (Å²) in [6.07, 6.45) is 6.25.